The zero-order valence-corrected chi connectivity index (χ0v) is 11.8. The lowest BCUT2D eigenvalue weighted by molar-refractivity contribution is -0.146. The Morgan fingerprint density at radius 1 is 1.16 bits per heavy atom. The maximum Gasteiger partial charge on any atom is 0.329 e. The monoisotopic (exact) mass is 272 g/mol. The zero-order valence-electron chi connectivity index (χ0n) is 11.8. The van der Waals surface area contributed by atoms with Gasteiger partial charge in [-0.1, -0.05) is 13.8 Å². The van der Waals surface area contributed by atoms with Crippen molar-refractivity contribution in [3.63, 3.8) is 0 Å². The summed E-state index contributed by atoms with van der Waals surface area (Å²) < 4.78 is 4.81. The van der Waals surface area contributed by atoms with E-state index in [1.165, 1.54) is 6.42 Å². The zero-order chi connectivity index (χ0) is 14.3. The molecule has 110 valence electrons. The van der Waals surface area contributed by atoms with Crippen LogP contribution < -0.4 is 0 Å². The van der Waals surface area contributed by atoms with Gasteiger partial charge in [-0.2, -0.15) is 0 Å². The first kappa shape index (κ1) is 15.9. The van der Waals surface area contributed by atoms with Crippen LogP contribution in [0.2, 0.25) is 0 Å². The van der Waals surface area contributed by atoms with Gasteiger partial charge in [0.05, 0.1) is 0 Å². The number of piperazine rings is 1. The minimum Gasteiger partial charge on any atom is -0.480 e. The van der Waals surface area contributed by atoms with Crippen molar-refractivity contribution in [1.29, 1.82) is 0 Å². The SMILES string of the molecule is CC(C)CCN1CCN(C(=O)COCC(=O)O)CC1. The Labute approximate surface area is 114 Å². The molecule has 0 aromatic rings. The number of aliphatic carboxylic acids is 1. The predicted octanol–water partition coefficient (Wildman–Crippen LogP) is 0.278. The fraction of sp³-hybridized carbons (Fsp3) is 0.846. The molecular weight excluding hydrogens is 248 g/mol. The minimum atomic E-state index is -1.05. The lowest BCUT2D eigenvalue weighted by Gasteiger charge is -2.35. The Kier molecular flexibility index (Phi) is 6.80. The average molecular weight is 272 g/mol. The number of nitrogens with zero attached hydrogens (tertiary/aromatic N) is 2. The molecule has 1 rings (SSSR count). The highest BCUT2D eigenvalue weighted by Crippen LogP contribution is 2.06. The number of carbonyl (C=O) groups excluding carboxylic acids is 1. The first-order valence-corrected chi connectivity index (χ1v) is 6.78. The summed E-state index contributed by atoms with van der Waals surface area (Å²) in [5.74, 6) is -0.472. The smallest absolute Gasteiger partial charge is 0.329 e. The molecule has 1 saturated heterocycles. The fourth-order valence-electron chi connectivity index (χ4n) is 1.98. The van der Waals surface area contributed by atoms with E-state index in [4.69, 9.17) is 9.84 Å². The number of hydrogen-bond donors (Lipinski definition) is 1. The van der Waals surface area contributed by atoms with Crippen molar-refractivity contribution in [2.45, 2.75) is 20.3 Å². The van der Waals surface area contributed by atoms with E-state index in [0.29, 0.717) is 19.0 Å². The second kappa shape index (κ2) is 8.12. The van der Waals surface area contributed by atoms with Gasteiger partial charge in [-0.05, 0) is 18.9 Å². The summed E-state index contributed by atoms with van der Waals surface area (Å²) in [6.07, 6.45) is 1.18. The molecular formula is C13H24N2O4. The lowest BCUT2D eigenvalue weighted by Crippen LogP contribution is -2.50. The number of amides is 1. The van der Waals surface area contributed by atoms with Crippen LogP contribution in [0.4, 0.5) is 0 Å². The van der Waals surface area contributed by atoms with Crippen LogP contribution in [-0.4, -0.2) is 72.7 Å². The maximum absolute atomic E-state index is 11.7. The standard InChI is InChI=1S/C13H24N2O4/c1-11(2)3-4-14-5-7-15(8-6-14)12(16)9-19-10-13(17)18/h11H,3-10H2,1-2H3,(H,17,18). The Hall–Kier alpha value is -1.14. The summed E-state index contributed by atoms with van der Waals surface area (Å²) >= 11 is 0. The Morgan fingerprint density at radius 3 is 2.32 bits per heavy atom. The first-order valence-electron chi connectivity index (χ1n) is 6.78. The largest absolute Gasteiger partial charge is 0.480 e. The molecule has 6 nitrogen and oxygen atoms in total. The van der Waals surface area contributed by atoms with Gasteiger partial charge in [-0.15, -0.1) is 0 Å². The summed E-state index contributed by atoms with van der Waals surface area (Å²) in [5, 5.41) is 8.42. The molecule has 0 radical (unpaired) electrons. The third kappa shape index (κ3) is 6.54. The van der Waals surface area contributed by atoms with Crippen molar-refractivity contribution in [2.24, 2.45) is 5.92 Å². The van der Waals surface area contributed by atoms with Gasteiger partial charge in [0.15, 0.2) is 0 Å². The third-order valence-electron chi connectivity index (χ3n) is 3.20. The van der Waals surface area contributed by atoms with Crippen molar-refractivity contribution in [3.8, 4) is 0 Å². The number of carboxylic acids is 1. The Morgan fingerprint density at radius 2 is 1.79 bits per heavy atom. The van der Waals surface area contributed by atoms with E-state index in [1.54, 1.807) is 4.90 Å². The molecule has 0 aromatic carbocycles. The molecule has 0 atom stereocenters. The van der Waals surface area contributed by atoms with Crippen LogP contribution in [0.5, 0.6) is 0 Å². The number of rotatable bonds is 7. The van der Waals surface area contributed by atoms with Gasteiger partial charge in [0, 0.05) is 26.2 Å². The molecule has 1 amide bonds. The normalized spacial score (nSPS) is 16.9. The number of carbonyl (C=O) groups is 2. The molecule has 1 fully saturated rings. The molecule has 19 heavy (non-hydrogen) atoms. The molecule has 0 aromatic heterocycles. The topological polar surface area (TPSA) is 70.1 Å². The Balaban J connectivity index is 2.18. The van der Waals surface area contributed by atoms with E-state index >= 15 is 0 Å². The van der Waals surface area contributed by atoms with Crippen LogP contribution in [-0.2, 0) is 14.3 Å². The highest BCUT2D eigenvalue weighted by Gasteiger charge is 2.21. The third-order valence-corrected chi connectivity index (χ3v) is 3.20. The highest BCUT2D eigenvalue weighted by atomic mass is 16.5. The first-order chi connectivity index (χ1) is 8.99. The molecule has 0 aliphatic carbocycles. The van der Waals surface area contributed by atoms with E-state index in [2.05, 4.69) is 18.7 Å². The summed E-state index contributed by atoms with van der Waals surface area (Å²) in [4.78, 5) is 26.1. The predicted molar refractivity (Wildman–Crippen MR) is 70.9 cm³/mol. The van der Waals surface area contributed by atoms with Crippen molar-refractivity contribution in [3.05, 3.63) is 0 Å². The summed E-state index contributed by atoms with van der Waals surface area (Å²) in [6.45, 7) is 8.11. The average Bonchev–Trinajstić information content (AvgIpc) is 2.36. The van der Waals surface area contributed by atoms with Gasteiger partial charge in [0.1, 0.15) is 13.2 Å². The van der Waals surface area contributed by atoms with Crippen molar-refractivity contribution in [1.82, 2.24) is 9.80 Å². The van der Waals surface area contributed by atoms with Crippen molar-refractivity contribution >= 4 is 11.9 Å². The molecule has 0 unspecified atom stereocenters. The van der Waals surface area contributed by atoms with E-state index in [0.717, 1.165) is 19.6 Å². The van der Waals surface area contributed by atoms with Crippen LogP contribution in [0.25, 0.3) is 0 Å². The van der Waals surface area contributed by atoms with Crippen molar-refractivity contribution in [2.75, 3.05) is 45.9 Å². The summed E-state index contributed by atoms with van der Waals surface area (Å²) in [5.41, 5.74) is 0. The van der Waals surface area contributed by atoms with Gasteiger partial charge in [-0.3, -0.25) is 9.69 Å². The van der Waals surface area contributed by atoms with Crippen LogP contribution in [0.3, 0.4) is 0 Å². The second-order valence-corrected chi connectivity index (χ2v) is 5.29. The Bertz CT molecular complexity index is 299. The van der Waals surface area contributed by atoms with Gasteiger partial charge in [-0.25, -0.2) is 4.79 Å². The van der Waals surface area contributed by atoms with Crippen LogP contribution in [0, 0.1) is 5.92 Å². The van der Waals surface area contributed by atoms with Crippen molar-refractivity contribution < 1.29 is 19.4 Å². The molecule has 0 saturated carbocycles. The molecule has 1 N–H and O–H groups in total. The maximum atomic E-state index is 11.7. The quantitative estimate of drug-likeness (QED) is 0.721. The highest BCUT2D eigenvalue weighted by molar-refractivity contribution is 5.78. The van der Waals surface area contributed by atoms with E-state index in [9.17, 15) is 9.59 Å². The second-order valence-electron chi connectivity index (χ2n) is 5.29. The van der Waals surface area contributed by atoms with Gasteiger partial charge in [0.2, 0.25) is 5.91 Å². The molecule has 1 aliphatic heterocycles. The van der Waals surface area contributed by atoms with E-state index < -0.39 is 12.6 Å². The number of ether oxygens (including phenoxy) is 1. The minimum absolute atomic E-state index is 0.121. The molecule has 1 aliphatic rings. The van der Waals surface area contributed by atoms with Gasteiger partial charge in [0.25, 0.3) is 0 Å². The molecule has 6 heteroatoms. The number of hydrogen-bond acceptors (Lipinski definition) is 4. The van der Waals surface area contributed by atoms with E-state index in [-0.39, 0.29) is 12.5 Å². The molecule has 1 heterocycles. The number of carboxylic acid groups (broad SMARTS) is 1. The van der Waals surface area contributed by atoms with Crippen LogP contribution in [0.15, 0.2) is 0 Å². The summed E-state index contributed by atoms with van der Waals surface area (Å²) in [6, 6.07) is 0. The summed E-state index contributed by atoms with van der Waals surface area (Å²) in [7, 11) is 0. The van der Waals surface area contributed by atoms with Gasteiger partial charge >= 0.3 is 5.97 Å². The fourth-order valence-corrected chi connectivity index (χ4v) is 1.98. The van der Waals surface area contributed by atoms with E-state index in [1.807, 2.05) is 0 Å². The van der Waals surface area contributed by atoms with Crippen LogP contribution >= 0.6 is 0 Å². The van der Waals surface area contributed by atoms with Gasteiger partial charge < -0.3 is 14.7 Å². The molecule has 0 bridgehead atoms. The lowest BCUT2D eigenvalue weighted by atomic mass is 10.1. The van der Waals surface area contributed by atoms with Crippen LogP contribution in [0.1, 0.15) is 20.3 Å². The molecule has 0 spiro atoms.